The van der Waals surface area contributed by atoms with Gasteiger partial charge < -0.3 is 4.57 Å². The Morgan fingerprint density at radius 3 is 3.00 bits per heavy atom. The van der Waals surface area contributed by atoms with Crippen molar-refractivity contribution in [1.82, 2.24) is 9.55 Å². The summed E-state index contributed by atoms with van der Waals surface area (Å²) in [7, 11) is 0. The monoisotopic (exact) mass is 206 g/mol. The van der Waals surface area contributed by atoms with Gasteiger partial charge in [-0.15, -0.1) is 0 Å². The Labute approximate surface area is 88.3 Å². The first kappa shape index (κ1) is 10.1. The number of Topliss-reactive ketones (excluding diaryl/α,β-unsaturated/α-hetero) is 2. The molecule has 0 saturated heterocycles. The van der Waals surface area contributed by atoms with Crippen LogP contribution in [0.5, 0.6) is 0 Å². The molecule has 1 aliphatic carbocycles. The zero-order chi connectivity index (χ0) is 10.8. The Hall–Kier alpha value is -1.45. The summed E-state index contributed by atoms with van der Waals surface area (Å²) in [6.45, 7) is 2.77. The van der Waals surface area contributed by atoms with E-state index in [0.29, 0.717) is 18.5 Å². The molecule has 0 spiro atoms. The zero-order valence-corrected chi connectivity index (χ0v) is 8.77. The van der Waals surface area contributed by atoms with Crippen LogP contribution in [0.3, 0.4) is 0 Å². The van der Waals surface area contributed by atoms with Crippen LogP contribution in [0.15, 0.2) is 12.5 Å². The van der Waals surface area contributed by atoms with Crippen molar-refractivity contribution in [1.29, 1.82) is 0 Å². The lowest BCUT2D eigenvalue weighted by atomic mass is 10.00. The molecule has 1 aliphatic rings. The molecular weight excluding hydrogens is 192 g/mol. The summed E-state index contributed by atoms with van der Waals surface area (Å²) in [5, 5.41) is 0. The molecule has 80 valence electrons. The van der Waals surface area contributed by atoms with E-state index in [2.05, 4.69) is 4.98 Å². The molecule has 0 N–H and O–H groups in total. The van der Waals surface area contributed by atoms with Gasteiger partial charge in [-0.2, -0.15) is 0 Å². The van der Waals surface area contributed by atoms with Crippen molar-refractivity contribution < 1.29 is 9.59 Å². The first-order chi connectivity index (χ1) is 7.22. The second-order valence-corrected chi connectivity index (χ2v) is 3.86. The van der Waals surface area contributed by atoms with Crippen LogP contribution >= 0.6 is 0 Å². The number of ketones is 2. The Bertz CT molecular complexity index is 395. The lowest BCUT2D eigenvalue weighted by molar-refractivity contribution is -0.119. The molecule has 1 atom stereocenters. The van der Waals surface area contributed by atoms with Gasteiger partial charge in [0.05, 0.1) is 12.2 Å². The van der Waals surface area contributed by atoms with Crippen molar-refractivity contribution in [3.05, 3.63) is 18.2 Å². The summed E-state index contributed by atoms with van der Waals surface area (Å²) < 4.78 is 1.84. The van der Waals surface area contributed by atoms with E-state index in [0.717, 1.165) is 13.0 Å². The number of carbonyl (C=O) groups excluding carboxylic acids is 2. The Kier molecular flexibility index (Phi) is 2.66. The van der Waals surface area contributed by atoms with Crippen molar-refractivity contribution >= 4 is 11.6 Å². The number of rotatable bonds is 3. The smallest absolute Gasteiger partial charge is 0.193 e. The fourth-order valence-corrected chi connectivity index (χ4v) is 1.93. The van der Waals surface area contributed by atoms with Crippen molar-refractivity contribution in [2.45, 2.75) is 32.7 Å². The van der Waals surface area contributed by atoms with Gasteiger partial charge in [-0.05, 0) is 19.8 Å². The molecule has 1 saturated carbocycles. The molecule has 0 aromatic carbocycles. The highest BCUT2D eigenvalue weighted by molar-refractivity contribution is 6.10. The van der Waals surface area contributed by atoms with E-state index in [9.17, 15) is 9.59 Å². The minimum atomic E-state index is -0.426. The highest BCUT2D eigenvalue weighted by Gasteiger charge is 2.32. The maximum absolute atomic E-state index is 11.9. The molecule has 1 aromatic heterocycles. The van der Waals surface area contributed by atoms with Gasteiger partial charge in [0.25, 0.3) is 0 Å². The van der Waals surface area contributed by atoms with Gasteiger partial charge in [-0.1, -0.05) is 0 Å². The van der Waals surface area contributed by atoms with Gasteiger partial charge in [0.15, 0.2) is 5.78 Å². The molecule has 0 bridgehead atoms. The molecule has 1 heterocycles. The number of hydrogen-bond donors (Lipinski definition) is 0. The van der Waals surface area contributed by atoms with Crippen LogP contribution in [0.1, 0.15) is 36.7 Å². The summed E-state index contributed by atoms with van der Waals surface area (Å²) >= 11 is 0. The number of aryl methyl sites for hydroxylation is 1. The van der Waals surface area contributed by atoms with Crippen molar-refractivity contribution in [3.8, 4) is 0 Å². The van der Waals surface area contributed by atoms with Gasteiger partial charge in [-0.3, -0.25) is 9.59 Å². The minimum Gasteiger partial charge on any atom is -0.337 e. The van der Waals surface area contributed by atoms with Gasteiger partial charge >= 0.3 is 0 Å². The molecule has 0 amide bonds. The third-order valence-corrected chi connectivity index (χ3v) is 2.87. The number of hydrogen-bond acceptors (Lipinski definition) is 3. The Morgan fingerprint density at radius 2 is 2.47 bits per heavy atom. The third-order valence-electron chi connectivity index (χ3n) is 2.87. The second kappa shape index (κ2) is 3.96. The largest absolute Gasteiger partial charge is 0.337 e. The molecule has 0 radical (unpaired) electrons. The zero-order valence-electron chi connectivity index (χ0n) is 8.77. The second-order valence-electron chi connectivity index (χ2n) is 3.86. The van der Waals surface area contributed by atoms with Crippen molar-refractivity contribution in [2.75, 3.05) is 0 Å². The predicted molar refractivity (Wildman–Crippen MR) is 54.6 cm³/mol. The number of imidazole rings is 1. The quantitative estimate of drug-likeness (QED) is 0.555. The number of carbonyl (C=O) groups is 2. The average molecular weight is 206 g/mol. The maximum Gasteiger partial charge on any atom is 0.193 e. The number of aromatic nitrogens is 2. The molecule has 4 nitrogen and oxygen atoms in total. The van der Waals surface area contributed by atoms with Crippen LogP contribution in [0.4, 0.5) is 0 Å². The van der Waals surface area contributed by atoms with Crippen LogP contribution in [0, 0.1) is 5.92 Å². The van der Waals surface area contributed by atoms with E-state index in [1.807, 2.05) is 11.5 Å². The van der Waals surface area contributed by atoms with Gasteiger partial charge in [-0.25, -0.2) is 4.98 Å². The highest BCUT2D eigenvalue weighted by Crippen LogP contribution is 2.24. The molecule has 4 heteroatoms. The highest BCUT2D eigenvalue weighted by atomic mass is 16.2. The topological polar surface area (TPSA) is 52.0 Å². The van der Waals surface area contributed by atoms with Crippen LogP contribution in [0.2, 0.25) is 0 Å². The van der Waals surface area contributed by atoms with Crippen LogP contribution < -0.4 is 0 Å². The van der Waals surface area contributed by atoms with Crippen LogP contribution in [-0.2, 0) is 11.3 Å². The molecular formula is C11H14N2O2. The SMILES string of the molecule is CCn1cnc(C(=O)C2CCCC2=O)c1. The standard InChI is InChI=1S/C11H14N2O2/c1-2-13-6-9(12-7-13)11(15)8-4-3-5-10(8)14/h6-8H,2-5H2,1H3. The fraction of sp³-hybridized carbons (Fsp3) is 0.545. The normalized spacial score (nSPS) is 20.9. The lowest BCUT2D eigenvalue weighted by Gasteiger charge is -2.02. The number of nitrogens with zero attached hydrogens (tertiary/aromatic N) is 2. The predicted octanol–water partition coefficient (Wildman–Crippen LogP) is 1.45. The van der Waals surface area contributed by atoms with Crippen molar-refractivity contribution in [2.24, 2.45) is 5.92 Å². The van der Waals surface area contributed by atoms with Gasteiger partial charge in [0, 0.05) is 19.2 Å². The third kappa shape index (κ3) is 1.84. The van der Waals surface area contributed by atoms with Gasteiger partial charge in [0.2, 0.25) is 0 Å². The molecule has 1 fully saturated rings. The summed E-state index contributed by atoms with van der Waals surface area (Å²) in [5.74, 6) is -0.457. The summed E-state index contributed by atoms with van der Waals surface area (Å²) in [6.07, 6.45) is 5.42. The Balaban J connectivity index is 2.16. The lowest BCUT2D eigenvalue weighted by Crippen LogP contribution is -2.19. The first-order valence-corrected chi connectivity index (χ1v) is 5.31. The summed E-state index contributed by atoms with van der Waals surface area (Å²) in [4.78, 5) is 27.3. The van der Waals surface area contributed by atoms with Crippen LogP contribution in [0.25, 0.3) is 0 Å². The van der Waals surface area contributed by atoms with E-state index in [-0.39, 0.29) is 11.6 Å². The minimum absolute atomic E-state index is 0.0750. The summed E-state index contributed by atoms with van der Waals surface area (Å²) in [5.41, 5.74) is 0.428. The summed E-state index contributed by atoms with van der Waals surface area (Å²) in [6, 6.07) is 0. The molecule has 2 rings (SSSR count). The van der Waals surface area contributed by atoms with Gasteiger partial charge in [0.1, 0.15) is 11.5 Å². The molecule has 15 heavy (non-hydrogen) atoms. The molecule has 0 aliphatic heterocycles. The average Bonchev–Trinajstić information content (AvgIpc) is 2.84. The Morgan fingerprint density at radius 1 is 1.67 bits per heavy atom. The molecule has 1 unspecified atom stereocenters. The van der Waals surface area contributed by atoms with E-state index in [1.54, 1.807) is 12.5 Å². The van der Waals surface area contributed by atoms with Crippen LogP contribution in [-0.4, -0.2) is 21.1 Å². The van der Waals surface area contributed by atoms with E-state index < -0.39 is 5.92 Å². The van der Waals surface area contributed by atoms with E-state index in [4.69, 9.17) is 0 Å². The maximum atomic E-state index is 11.9. The van der Waals surface area contributed by atoms with Crippen molar-refractivity contribution in [3.63, 3.8) is 0 Å². The fourth-order valence-electron chi connectivity index (χ4n) is 1.93. The molecule has 1 aromatic rings. The van der Waals surface area contributed by atoms with E-state index in [1.165, 1.54) is 0 Å². The first-order valence-electron chi connectivity index (χ1n) is 5.31. The van der Waals surface area contributed by atoms with E-state index >= 15 is 0 Å².